The summed E-state index contributed by atoms with van der Waals surface area (Å²) in [6.45, 7) is 0.618. The molecule has 0 spiro atoms. The number of imide groups is 1. The molecule has 10 heteroatoms. The number of nitrogens with one attached hydrogen (secondary N) is 2. The molecular weight excluding hydrogens is 428 g/mol. The average molecular weight is 447 g/mol. The molecule has 3 aromatic rings. The summed E-state index contributed by atoms with van der Waals surface area (Å²) >= 11 is 7.14. The zero-order valence-corrected chi connectivity index (χ0v) is 17.6. The van der Waals surface area contributed by atoms with Gasteiger partial charge in [-0.25, -0.2) is 9.78 Å². The number of thioether (sulfide) groups is 1. The first-order valence-corrected chi connectivity index (χ1v) is 10.3. The number of para-hydroxylation sites is 1. The number of amides is 3. The van der Waals surface area contributed by atoms with Gasteiger partial charge >= 0.3 is 6.03 Å². The smallest absolute Gasteiger partial charge is 0.321 e. The van der Waals surface area contributed by atoms with Crippen LogP contribution in [0.25, 0.3) is 16.6 Å². The minimum atomic E-state index is -0.614. The van der Waals surface area contributed by atoms with Crippen molar-refractivity contribution >= 4 is 46.2 Å². The fraction of sp³-hybridized carbons (Fsp3) is 0.200. The molecule has 0 saturated carbocycles. The summed E-state index contributed by atoms with van der Waals surface area (Å²) in [5.74, 6) is -0.627. The lowest BCUT2D eigenvalue weighted by molar-refractivity contribution is -0.117. The number of fused-ring (bicyclic) bond motifs is 1. The average Bonchev–Trinajstić information content (AvgIpc) is 2.72. The Morgan fingerprint density at radius 1 is 1.20 bits per heavy atom. The predicted octanol–water partition coefficient (Wildman–Crippen LogP) is 2.60. The largest absolute Gasteiger partial charge is 0.383 e. The number of nitrogens with zero attached hydrogens (tertiary/aromatic N) is 2. The van der Waals surface area contributed by atoms with Gasteiger partial charge in [0.2, 0.25) is 5.91 Å². The van der Waals surface area contributed by atoms with Crippen LogP contribution in [0.4, 0.5) is 4.79 Å². The maximum absolute atomic E-state index is 13.1. The van der Waals surface area contributed by atoms with Crippen LogP contribution in [0.2, 0.25) is 5.02 Å². The van der Waals surface area contributed by atoms with Gasteiger partial charge in [0.15, 0.2) is 5.16 Å². The highest BCUT2D eigenvalue weighted by atomic mass is 35.5. The first-order valence-electron chi connectivity index (χ1n) is 8.96. The number of halogens is 1. The molecule has 0 saturated heterocycles. The Morgan fingerprint density at radius 3 is 2.77 bits per heavy atom. The Hall–Kier alpha value is -2.88. The van der Waals surface area contributed by atoms with E-state index in [0.717, 1.165) is 11.8 Å². The maximum atomic E-state index is 13.1. The van der Waals surface area contributed by atoms with Crippen molar-refractivity contribution in [1.29, 1.82) is 0 Å². The minimum Gasteiger partial charge on any atom is -0.383 e. The molecule has 0 aliphatic carbocycles. The SMILES string of the molecule is COCCNC(=O)NC(=O)CSc1nc2ccccc2c(=O)n1-c1cccc(Cl)c1. The van der Waals surface area contributed by atoms with Crippen molar-refractivity contribution < 1.29 is 14.3 Å². The molecule has 0 fully saturated rings. The molecule has 156 valence electrons. The number of rotatable bonds is 7. The number of benzene rings is 2. The van der Waals surface area contributed by atoms with Gasteiger partial charge in [-0.1, -0.05) is 41.6 Å². The highest BCUT2D eigenvalue weighted by molar-refractivity contribution is 7.99. The first kappa shape index (κ1) is 21.8. The molecule has 0 bridgehead atoms. The quantitative estimate of drug-likeness (QED) is 0.328. The van der Waals surface area contributed by atoms with Crippen molar-refractivity contribution in [3.05, 3.63) is 63.9 Å². The van der Waals surface area contributed by atoms with E-state index < -0.39 is 11.9 Å². The molecule has 0 atom stereocenters. The highest BCUT2D eigenvalue weighted by Crippen LogP contribution is 2.22. The van der Waals surface area contributed by atoms with Crippen LogP contribution in [0.15, 0.2) is 58.5 Å². The molecule has 2 aromatic carbocycles. The van der Waals surface area contributed by atoms with Gasteiger partial charge in [-0.3, -0.25) is 19.5 Å². The molecule has 0 unspecified atom stereocenters. The van der Waals surface area contributed by atoms with Crippen molar-refractivity contribution in [3.63, 3.8) is 0 Å². The standard InChI is InChI=1S/C20H19ClN4O4S/c1-29-10-9-22-19(28)24-17(26)12-30-20-23-16-8-3-2-7-15(16)18(27)25(20)14-6-4-5-13(21)11-14/h2-8,11H,9-10,12H2,1H3,(H2,22,24,26,28). The number of hydrogen-bond acceptors (Lipinski definition) is 6. The zero-order valence-electron chi connectivity index (χ0n) is 16.1. The van der Waals surface area contributed by atoms with E-state index in [1.165, 1.54) is 11.7 Å². The van der Waals surface area contributed by atoms with E-state index in [1.807, 2.05) is 0 Å². The van der Waals surface area contributed by atoms with Crippen molar-refractivity contribution in [2.24, 2.45) is 0 Å². The van der Waals surface area contributed by atoms with Crippen molar-refractivity contribution in [1.82, 2.24) is 20.2 Å². The van der Waals surface area contributed by atoms with E-state index >= 15 is 0 Å². The number of urea groups is 1. The van der Waals surface area contributed by atoms with Gasteiger partial charge in [0.25, 0.3) is 5.56 Å². The predicted molar refractivity (Wildman–Crippen MR) is 116 cm³/mol. The van der Waals surface area contributed by atoms with Gasteiger partial charge in [0.05, 0.1) is 29.0 Å². The van der Waals surface area contributed by atoms with E-state index in [4.69, 9.17) is 16.3 Å². The summed E-state index contributed by atoms with van der Waals surface area (Å²) in [6.07, 6.45) is 0. The Kier molecular flexibility index (Phi) is 7.45. The van der Waals surface area contributed by atoms with Gasteiger partial charge in [-0.15, -0.1) is 0 Å². The molecule has 1 heterocycles. The van der Waals surface area contributed by atoms with Gasteiger partial charge in [-0.05, 0) is 30.3 Å². The third-order valence-corrected chi connectivity index (χ3v) is 5.16. The number of carbonyl (C=O) groups is 2. The van der Waals surface area contributed by atoms with Crippen LogP contribution < -0.4 is 16.2 Å². The summed E-state index contributed by atoms with van der Waals surface area (Å²) in [5, 5.41) is 5.96. The van der Waals surface area contributed by atoms with Crippen LogP contribution in [-0.2, 0) is 9.53 Å². The number of hydrogen-bond donors (Lipinski definition) is 2. The van der Waals surface area contributed by atoms with Crippen molar-refractivity contribution in [2.75, 3.05) is 26.0 Å². The van der Waals surface area contributed by atoms with E-state index in [-0.39, 0.29) is 17.9 Å². The Labute approximate surface area is 181 Å². The second kappa shape index (κ2) is 10.2. The van der Waals surface area contributed by atoms with Crippen LogP contribution in [0, 0.1) is 0 Å². The first-order chi connectivity index (χ1) is 14.5. The Balaban J connectivity index is 1.86. The van der Waals surface area contributed by atoms with E-state index in [9.17, 15) is 14.4 Å². The molecule has 0 radical (unpaired) electrons. The third-order valence-electron chi connectivity index (χ3n) is 3.99. The fourth-order valence-corrected chi connectivity index (χ4v) is 3.65. The van der Waals surface area contributed by atoms with Crippen LogP contribution in [-0.4, -0.2) is 47.5 Å². The topological polar surface area (TPSA) is 102 Å². The lowest BCUT2D eigenvalue weighted by Gasteiger charge is -2.13. The minimum absolute atomic E-state index is 0.108. The number of ether oxygens (including phenoxy) is 1. The lowest BCUT2D eigenvalue weighted by atomic mass is 10.2. The molecular formula is C20H19ClN4O4S. The summed E-state index contributed by atoms with van der Waals surface area (Å²) in [5.41, 5.74) is 0.773. The molecule has 3 rings (SSSR count). The summed E-state index contributed by atoms with van der Waals surface area (Å²) in [6, 6.07) is 13.2. The Bertz CT molecular complexity index is 1140. The van der Waals surface area contributed by atoms with Crippen molar-refractivity contribution in [3.8, 4) is 5.69 Å². The Morgan fingerprint density at radius 2 is 2.00 bits per heavy atom. The number of methoxy groups -OCH3 is 1. The fourth-order valence-electron chi connectivity index (χ4n) is 2.66. The van der Waals surface area contributed by atoms with E-state index in [1.54, 1.807) is 48.5 Å². The van der Waals surface area contributed by atoms with Gasteiger partial charge in [0, 0.05) is 18.7 Å². The molecule has 0 aliphatic rings. The highest BCUT2D eigenvalue weighted by Gasteiger charge is 2.16. The monoisotopic (exact) mass is 446 g/mol. The maximum Gasteiger partial charge on any atom is 0.321 e. The summed E-state index contributed by atoms with van der Waals surface area (Å²) < 4.78 is 6.24. The van der Waals surface area contributed by atoms with Crippen LogP contribution >= 0.6 is 23.4 Å². The van der Waals surface area contributed by atoms with E-state index in [0.29, 0.717) is 33.4 Å². The van der Waals surface area contributed by atoms with Crippen LogP contribution in [0.5, 0.6) is 0 Å². The van der Waals surface area contributed by atoms with Gasteiger partial charge in [0.1, 0.15) is 0 Å². The molecule has 3 amide bonds. The zero-order chi connectivity index (χ0) is 21.5. The molecule has 30 heavy (non-hydrogen) atoms. The number of aromatic nitrogens is 2. The number of carbonyl (C=O) groups excluding carboxylic acids is 2. The summed E-state index contributed by atoms with van der Waals surface area (Å²) in [4.78, 5) is 41.5. The third kappa shape index (κ3) is 5.38. The molecule has 0 aliphatic heterocycles. The van der Waals surface area contributed by atoms with Gasteiger partial charge in [-0.2, -0.15) is 0 Å². The second-order valence-corrected chi connectivity index (χ2v) is 7.50. The molecule has 8 nitrogen and oxygen atoms in total. The molecule has 1 aromatic heterocycles. The van der Waals surface area contributed by atoms with Crippen LogP contribution in [0.1, 0.15) is 0 Å². The van der Waals surface area contributed by atoms with E-state index in [2.05, 4.69) is 15.6 Å². The summed E-state index contributed by atoms with van der Waals surface area (Å²) in [7, 11) is 1.51. The second-order valence-electron chi connectivity index (χ2n) is 6.12. The van der Waals surface area contributed by atoms with Crippen LogP contribution in [0.3, 0.4) is 0 Å². The lowest BCUT2D eigenvalue weighted by Crippen LogP contribution is -2.41. The van der Waals surface area contributed by atoms with Crippen molar-refractivity contribution in [2.45, 2.75) is 5.16 Å². The normalized spacial score (nSPS) is 10.7. The van der Waals surface area contributed by atoms with Gasteiger partial charge < -0.3 is 10.1 Å². The molecule has 2 N–H and O–H groups in total.